The predicted molar refractivity (Wildman–Crippen MR) is 125 cm³/mol. The number of aromatic nitrogens is 2. The average molecular weight is 496 g/mol. The number of carbonyl (C=O) groups excluding carboxylic acids is 3. The second kappa shape index (κ2) is 8.62. The molecule has 0 spiro atoms. The highest BCUT2D eigenvalue weighted by Gasteiger charge is 2.36. The van der Waals surface area contributed by atoms with Crippen molar-refractivity contribution in [2.75, 3.05) is 26.2 Å². The van der Waals surface area contributed by atoms with Crippen LogP contribution in [-0.2, 0) is 27.3 Å². The first kappa shape index (κ1) is 22.0. The molecule has 180 valence electrons. The monoisotopic (exact) mass is 495 g/mol. The van der Waals surface area contributed by atoms with Crippen LogP contribution in [0, 0.1) is 0 Å². The van der Waals surface area contributed by atoms with Crippen molar-refractivity contribution in [3.8, 4) is 17.0 Å². The van der Waals surface area contributed by atoms with E-state index in [-0.39, 0.29) is 37.1 Å². The third kappa shape index (κ3) is 3.92. The van der Waals surface area contributed by atoms with E-state index in [2.05, 4.69) is 15.3 Å². The molecule has 2 saturated heterocycles. The van der Waals surface area contributed by atoms with Crippen molar-refractivity contribution in [3.05, 3.63) is 40.9 Å². The highest BCUT2D eigenvalue weighted by molar-refractivity contribution is 6.31. The van der Waals surface area contributed by atoms with Crippen LogP contribution in [0.1, 0.15) is 24.2 Å². The summed E-state index contributed by atoms with van der Waals surface area (Å²) >= 11 is 6.44. The molecule has 10 nitrogen and oxygen atoms in total. The summed E-state index contributed by atoms with van der Waals surface area (Å²) in [6, 6.07) is 5.24. The fraction of sp³-hybridized carbons (Fsp3) is 0.375. The first-order chi connectivity index (χ1) is 17.0. The van der Waals surface area contributed by atoms with Crippen LogP contribution in [0.15, 0.2) is 28.9 Å². The van der Waals surface area contributed by atoms with E-state index in [4.69, 9.17) is 20.8 Å². The summed E-state index contributed by atoms with van der Waals surface area (Å²) in [5.41, 5.74) is 2.82. The zero-order chi connectivity index (χ0) is 24.1. The van der Waals surface area contributed by atoms with Crippen molar-refractivity contribution in [1.82, 2.24) is 25.1 Å². The molecule has 11 heteroatoms. The third-order valence-electron chi connectivity index (χ3n) is 6.59. The maximum atomic E-state index is 13.1. The number of benzene rings is 1. The van der Waals surface area contributed by atoms with Gasteiger partial charge in [-0.2, -0.15) is 0 Å². The van der Waals surface area contributed by atoms with E-state index in [0.717, 1.165) is 18.7 Å². The van der Waals surface area contributed by atoms with E-state index >= 15 is 0 Å². The lowest BCUT2D eigenvalue weighted by molar-refractivity contribution is -0.140. The van der Waals surface area contributed by atoms with E-state index in [0.29, 0.717) is 58.4 Å². The van der Waals surface area contributed by atoms with Crippen molar-refractivity contribution >= 4 is 40.4 Å². The lowest BCUT2D eigenvalue weighted by atomic mass is 10.0. The minimum Gasteiger partial charge on any atom is -0.479 e. The van der Waals surface area contributed by atoms with Crippen LogP contribution in [0.5, 0.6) is 5.75 Å². The van der Waals surface area contributed by atoms with Crippen molar-refractivity contribution in [1.29, 1.82) is 0 Å². The Morgan fingerprint density at radius 3 is 2.66 bits per heavy atom. The van der Waals surface area contributed by atoms with Crippen LogP contribution < -0.4 is 10.1 Å². The number of piperazine rings is 1. The molecule has 0 radical (unpaired) electrons. The van der Waals surface area contributed by atoms with E-state index in [1.165, 1.54) is 11.2 Å². The van der Waals surface area contributed by atoms with Gasteiger partial charge in [0.05, 0.1) is 6.54 Å². The molecular weight excluding hydrogens is 474 g/mol. The summed E-state index contributed by atoms with van der Waals surface area (Å²) in [4.78, 5) is 48.9. The molecule has 0 unspecified atom stereocenters. The lowest BCUT2D eigenvalue weighted by Crippen LogP contribution is -2.50. The molecule has 3 aliphatic rings. The smallest absolute Gasteiger partial charge is 0.264 e. The molecule has 1 atom stereocenters. The predicted octanol–water partition coefficient (Wildman–Crippen LogP) is 1.93. The number of hydrogen-bond donors (Lipinski definition) is 1. The number of carbonyl (C=O) groups is 3. The van der Waals surface area contributed by atoms with Crippen LogP contribution in [0.4, 0.5) is 0 Å². The Labute approximate surface area is 205 Å². The largest absolute Gasteiger partial charge is 0.479 e. The molecule has 3 amide bonds. The minimum atomic E-state index is -0.628. The zero-order valence-electron chi connectivity index (χ0n) is 18.8. The van der Waals surface area contributed by atoms with Gasteiger partial charge in [0.15, 0.2) is 11.7 Å². The van der Waals surface area contributed by atoms with Gasteiger partial charge in [0, 0.05) is 67.7 Å². The van der Waals surface area contributed by atoms with Gasteiger partial charge >= 0.3 is 0 Å². The maximum absolute atomic E-state index is 13.1. The van der Waals surface area contributed by atoms with Gasteiger partial charge in [-0.15, -0.1) is 0 Å². The lowest BCUT2D eigenvalue weighted by Gasteiger charge is -2.29. The quantitative estimate of drug-likeness (QED) is 0.545. The standard InChI is InChI=1S/C24H22ClN5O5/c25-14-7-13-8-18(24(33)29-5-3-26-4-6-29)35-22(13)16(9-14)21-23-17(27-12-28-21)10-15(34-23)11-30-19(31)1-2-20(30)32/h7,9-10,12,18,26H,1-6,8,11H2/t18-/m1/s1. The van der Waals surface area contributed by atoms with Gasteiger partial charge in [0.1, 0.15) is 29.0 Å². The average Bonchev–Trinajstić information content (AvgIpc) is 3.56. The number of hydrogen-bond acceptors (Lipinski definition) is 8. The van der Waals surface area contributed by atoms with Crippen LogP contribution in [0.2, 0.25) is 5.02 Å². The number of fused-ring (bicyclic) bond motifs is 2. The summed E-state index contributed by atoms with van der Waals surface area (Å²) in [6.45, 7) is 2.85. The van der Waals surface area contributed by atoms with Crippen LogP contribution >= 0.6 is 11.6 Å². The molecule has 1 N–H and O–H groups in total. The summed E-state index contributed by atoms with van der Waals surface area (Å²) in [5.74, 6) is 0.492. The van der Waals surface area contributed by atoms with Crippen molar-refractivity contribution in [2.24, 2.45) is 0 Å². The molecule has 5 heterocycles. The number of furan rings is 1. The van der Waals surface area contributed by atoms with E-state index < -0.39 is 6.10 Å². The van der Waals surface area contributed by atoms with Gasteiger partial charge in [-0.3, -0.25) is 19.3 Å². The Kier molecular flexibility index (Phi) is 5.42. The number of halogens is 1. The first-order valence-electron chi connectivity index (χ1n) is 11.5. The third-order valence-corrected chi connectivity index (χ3v) is 6.80. The number of nitrogens with one attached hydrogen (secondary N) is 1. The number of imide groups is 1. The van der Waals surface area contributed by atoms with Crippen molar-refractivity contribution in [3.63, 3.8) is 0 Å². The molecule has 0 saturated carbocycles. The van der Waals surface area contributed by atoms with E-state index in [1.54, 1.807) is 12.1 Å². The molecule has 6 rings (SSSR count). The number of likely N-dealkylation sites (tertiary alicyclic amines) is 1. The Morgan fingerprint density at radius 2 is 1.89 bits per heavy atom. The normalized spacial score (nSPS) is 20.0. The summed E-state index contributed by atoms with van der Waals surface area (Å²) in [5, 5.41) is 3.73. The van der Waals surface area contributed by atoms with Gasteiger partial charge in [-0.05, 0) is 12.1 Å². The molecule has 2 fully saturated rings. The van der Waals surface area contributed by atoms with Gasteiger partial charge < -0.3 is 19.4 Å². The molecule has 3 aliphatic heterocycles. The zero-order valence-corrected chi connectivity index (χ0v) is 19.5. The molecule has 0 bridgehead atoms. The Morgan fingerprint density at radius 1 is 1.11 bits per heavy atom. The van der Waals surface area contributed by atoms with Gasteiger partial charge in [0.2, 0.25) is 11.8 Å². The number of nitrogens with zero attached hydrogens (tertiary/aromatic N) is 4. The SMILES string of the molecule is O=C([C@H]1Cc2cc(Cl)cc(-c3ncnc4cc(CN5C(=O)CCC5=O)oc34)c2O1)N1CCNCC1. The highest BCUT2D eigenvalue weighted by Crippen LogP contribution is 2.43. The van der Waals surface area contributed by atoms with Crippen LogP contribution in [0.3, 0.4) is 0 Å². The van der Waals surface area contributed by atoms with Crippen molar-refractivity contribution in [2.45, 2.75) is 31.9 Å². The number of amides is 3. The molecule has 2 aromatic heterocycles. The van der Waals surface area contributed by atoms with Crippen molar-refractivity contribution < 1.29 is 23.5 Å². The first-order valence-corrected chi connectivity index (χ1v) is 11.9. The molecule has 1 aromatic carbocycles. The summed E-state index contributed by atoms with van der Waals surface area (Å²) in [6.07, 6.45) is 1.63. The fourth-order valence-corrected chi connectivity index (χ4v) is 5.10. The second-order valence-electron chi connectivity index (χ2n) is 8.85. The Bertz CT molecular complexity index is 1350. The van der Waals surface area contributed by atoms with Gasteiger partial charge in [0.25, 0.3) is 5.91 Å². The fourth-order valence-electron chi connectivity index (χ4n) is 4.86. The van der Waals surface area contributed by atoms with Gasteiger partial charge in [-0.1, -0.05) is 11.6 Å². The maximum Gasteiger partial charge on any atom is 0.264 e. The topological polar surface area (TPSA) is 118 Å². The van der Waals surface area contributed by atoms with Crippen LogP contribution in [-0.4, -0.2) is 69.8 Å². The molecule has 0 aliphatic carbocycles. The number of rotatable bonds is 4. The second-order valence-corrected chi connectivity index (χ2v) is 9.29. The van der Waals surface area contributed by atoms with E-state index in [1.807, 2.05) is 11.0 Å². The minimum absolute atomic E-state index is 0.0406. The molecule has 3 aromatic rings. The van der Waals surface area contributed by atoms with E-state index in [9.17, 15) is 14.4 Å². The molecular formula is C24H22ClN5O5. The van der Waals surface area contributed by atoms with Gasteiger partial charge in [-0.25, -0.2) is 9.97 Å². The summed E-state index contributed by atoms with van der Waals surface area (Å²) in [7, 11) is 0. The van der Waals surface area contributed by atoms with Crippen LogP contribution in [0.25, 0.3) is 22.4 Å². The highest BCUT2D eigenvalue weighted by atomic mass is 35.5. The molecule has 35 heavy (non-hydrogen) atoms. The Hall–Kier alpha value is -3.50. The Balaban J connectivity index is 1.34. The number of ether oxygens (including phenoxy) is 1. The summed E-state index contributed by atoms with van der Waals surface area (Å²) < 4.78 is 12.2.